The molecule has 28 heavy (non-hydrogen) atoms. The Bertz CT molecular complexity index is 855. The third-order valence-electron chi connectivity index (χ3n) is 7.65. The van der Waals surface area contributed by atoms with Crippen LogP contribution in [0.3, 0.4) is 0 Å². The number of aryl methyl sites for hydroxylation is 1. The van der Waals surface area contributed by atoms with E-state index in [1.165, 1.54) is 31.9 Å². The smallest absolute Gasteiger partial charge is 0.380 e. The normalized spacial score (nSPS) is 34.7. The van der Waals surface area contributed by atoms with E-state index in [4.69, 9.17) is 18.8 Å². The van der Waals surface area contributed by atoms with Gasteiger partial charge in [0, 0.05) is 7.11 Å². The summed E-state index contributed by atoms with van der Waals surface area (Å²) in [6.45, 7) is 2.43. The van der Waals surface area contributed by atoms with Crippen molar-refractivity contribution in [2.24, 2.45) is 22.4 Å². The molecule has 2 fully saturated rings. The molecule has 0 amide bonds. The van der Waals surface area contributed by atoms with Crippen molar-refractivity contribution in [3.05, 3.63) is 23.3 Å². The summed E-state index contributed by atoms with van der Waals surface area (Å²) in [5, 5.41) is 5.07. The molecule has 1 aromatic rings. The molecule has 0 spiro atoms. The molecule has 156 valence electrons. The van der Waals surface area contributed by atoms with Crippen LogP contribution in [0, 0.1) is 17.3 Å². The summed E-state index contributed by atoms with van der Waals surface area (Å²) < 4.78 is 39.1. The molecule has 0 saturated heterocycles. The molecule has 2 saturated carbocycles. The Morgan fingerprint density at radius 1 is 1.11 bits per heavy atom. The molecule has 1 aromatic carbocycles. The quantitative estimate of drug-likeness (QED) is 0.822. The van der Waals surface area contributed by atoms with Gasteiger partial charge in [-0.1, -0.05) is 13.3 Å². The zero-order valence-electron chi connectivity index (χ0n) is 16.9. The van der Waals surface area contributed by atoms with E-state index in [2.05, 4.69) is 6.92 Å². The zero-order valence-corrected chi connectivity index (χ0v) is 17.8. The molecule has 0 aromatic heterocycles. The molecule has 0 heterocycles. The zero-order chi connectivity index (χ0) is 20.1. The van der Waals surface area contributed by atoms with Crippen LogP contribution in [0.25, 0.3) is 0 Å². The molecule has 0 aliphatic heterocycles. The molecular formula is C21H31NO5S. The molecule has 4 rings (SSSR count). The predicted octanol–water partition coefficient (Wildman–Crippen LogP) is 3.54. The lowest BCUT2D eigenvalue weighted by atomic mass is 9.50. The van der Waals surface area contributed by atoms with E-state index in [1.54, 1.807) is 6.07 Å². The van der Waals surface area contributed by atoms with Crippen molar-refractivity contribution >= 4 is 10.3 Å². The first-order valence-corrected chi connectivity index (χ1v) is 11.7. The fraction of sp³-hybridized carbons (Fsp3) is 0.714. The molecular weight excluding hydrogens is 378 g/mol. The molecule has 1 unspecified atom stereocenters. The number of fused-ring (bicyclic) bond motifs is 5. The minimum atomic E-state index is -4.09. The monoisotopic (exact) mass is 409 g/mol. The summed E-state index contributed by atoms with van der Waals surface area (Å²) in [6, 6.07) is 3.79. The Morgan fingerprint density at radius 2 is 1.89 bits per heavy atom. The molecule has 3 aliphatic carbocycles. The largest absolute Gasteiger partial charge is 0.493 e. The van der Waals surface area contributed by atoms with Crippen LogP contribution in [0.5, 0.6) is 11.5 Å². The number of rotatable bonds is 4. The molecule has 2 N–H and O–H groups in total. The number of nitrogens with two attached hydrogens (primary N) is 1. The van der Waals surface area contributed by atoms with Crippen molar-refractivity contribution in [1.82, 2.24) is 0 Å². The van der Waals surface area contributed by atoms with Gasteiger partial charge >= 0.3 is 10.3 Å². The highest BCUT2D eigenvalue weighted by Crippen LogP contribution is 2.60. The molecule has 5 atom stereocenters. The van der Waals surface area contributed by atoms with E-state index in [0.29, 0.717) is 29.6 Å². The maximum absolute atomic E-state index is 11.4. The lowest BCUT2D eigenvalue weighted by Gasteiger charge is -2.57. The maximum atomic E-state index is 11.4. The van der Waals surface area contributed by atoms with Gasteiger partial charge < -0.3 is 13.7 Å². The number of hydrogen-bond donors (Lipinski definition) is 1. The van der Waals surface area contributed by atoms with Crippen molar-refractivity contribution in [3.8, 4) is 11.5 Å². The molecule has 0 radical (unpaired) electrons. The Hall–Kier alpha value is -1.31. The van der Waals surface area contributed by atoms with Crippen LogP contribution in [0.4, 0.5) is 0 Å². The predicted molar refractivity (Wildman–Crippen MR) is 107 cm³/mol. The third-order valence-corrected chi connectivity index (χ3v) is 8.07. The average Bonchev–Trinajstić information content (AvgIpc) is 2.64. The second kappa shape index (κ2) is 7.18. The van der Waals surface area contributed by atoms with Gasteiger partial charge in [0.2, 0.25) is 0 Å². The molecule has 0 bridgehead atoms. The van der Waals surface area contributed by atoms with Crippen LogP contribution < -0.4 is 14.1 Å². The summed E-state index contributed by atoms with van der Waals surface area (Å²) in [4.78, 5) is 0. The van der Waals surface area contributed by atoms with Crippen LogP contribution in [0.15, 0.2) is 12.1 Å². The third kappa shape index (κ3) is 3.31. The average molecular weight is 410 g/mol. The van der Waals surface area contributed by atoms with Crippen LogP contribution in [-0.4, -0.2) is 28.7 Å². The van der Waals surface area contributed by atoms with Crippen molar-refractivity contribution in [3.63, 3.8) is 0 Å². The van der Waals surface area contributed by atoms with Crippen LogP contribution in [0.2, 0.25) is 0 Å². The van der Waals surface area contributed by atoms with Gasteiger partial charge in [-0.25, -0.2) is 0 Å². The van der Waals surface area contributed by atoms with Crippen LogP contribution in [-0.2, 0) is 21.5 Å². The van der Waals surface area contributed by atoms with Gasteiger partial charge in [-0.3, -0.25) is 0 Å². The van der Waals surface area contributed by atoms with Gasteiger partial charge in [0.25, 0.3) is 0 Å². The molecule has 3 aliphatic rings. The van der Waals surface area contributed by atoms with Gasteiger partial charge in [0.05, 0.1) is 13.2 Å². The Kier molecular flexibility index (Phi) is 5.13. The van der Waals surface area contributed by atoms with Crippen molar-refractivity contribution in [1.29, 1.82) is 0 Å². The summed E-state index contributed by atoms with van der Waals surface area (Å²) in [6.07, 6.45) is 8.36. The SMILES string of the molecule is COc1cc2c(cc1OS(N)(=O)=O)CC[C@@H]1[C@@H]2CC[C@]2(C)C(OC)CCC[C@@H]12. The van der Waals surface area contributed by atoms with E-state index in [-0.39, 0.29) is 11.2 Å². The Morgan fingerprint density at radius 3 is 2.57 bits per heavy atom. The van der Waals surface area contributed by atoms with Gasteiger partial charge in [0.15, 0.2) is 11.5 Å². The van der Waals surface area contributed by atoms with Gasteiger partial charge in [-0.05, 0) is 85.0 Å². The fourth-order valence-electron chi connectivity index (χ4n) is 6.46. The number of ether oxygens (including phenoxy) is 2. The highest BCUT2D eigenvalue weighted by Gasteiger charge is 2.53. The first kappa shape index (κ1) is 20.0. The van der Waals surface area contributed by atoms with Crippen LogP contribution >= 0.6 is 0 Å². The van der Waals surface area contributed by atoms with Gasteiger partial charge in [-0.15, -0.1) is 0 Å². The first-order valence-electron chi connectivity index (χ1n) is 10.2. The fourth-order valence-corrected chi connectivity index (χ4v) is 6.84. The first-order chi connectivity index (χ1) is 13.3. The van der Waals surface area contributed by atoms with E-state index in [9.17, 15) is 8.42 Å². The topological polar surface area (TPSA) is 87.9 Å². The standard InChI is InChI=1S/C21H31NO5S/c1-21-10-9-14-15(17(21)5-4-6-20(21)26-3)8-7-13-11-19(27-28(22,23)24)18(25-2)12-16(13)14/h11-12,14-15,17,20H,4-10H2,1-3H3,(H2,22,23,24)/t14-,15+,17-,20?,21-/m0/s1. The maximum Gasteiger partial charge on any atom is 0.380 e. The highest BCUT2D eigenvalue weighted by molar-refractivity contribution is 7.84. The highest BCUT2D eigenvalue weighted by atomic mass is 32.2. The number of hydrogen-bond acceptors (Lipinski definition) is 5. The lowest BCUT2D eigenvalue weighted by Crippen LogP contribution is -2.51. The van der Waals surface area contributed by atoms with Crippen molar-refractivity contribution < 1.29 is 22.1 Å². The van der Waals surface area contributed by atoms with Crippen molar-refractivity contribution in [2.45, 2.75) is 63.9 Å². The van der Waals surface area contributed by atoms with Crippen molar-refractivity contribution in [2.75, 3.05) is 14.2 Å². The minimum Gasteiger partial charge on any atom is -0.493 e. The van der Waals surface area contributed by atoms with Gasteiger partial charge in [0.1, 0.15) is 0 Å². The van der Waals surface area contributed by atoms with Crippen LogP contribution in [0.1, 0.15) is 62.5 Å². The summed E-state index contributed by atoms with van der Waals surface area (Å²) in [7, 11) is -0.699. The minimum absolute atomic E-state index is 0.181. The van der Waals surface area contributed by atoms with E-state index in [1.807, 2.05) is 13.2 Å². The summed E-state index contributed by atoms with van der Waals surface area (Å²) >= 11 is 0. The summed E-state index contributed by atoms with van der Waals surface area (Å²) in [5.41, 5.74) is 2.70. The van der Waals surface area contributed by atoms with E-state index < -0.39 is 10.3 Å². The Balaban J connectivity index is 1.69. The number of methoxy groups -OCH3 is 2. The number of benzene rings is 1. The molecule has 7 heteroatoms. The second-order valence-corrected chi connectivity index (χ2v) is 10.0. The van der Waals surface area contributed by atoms with E-state index >= 15 is 0 Å². The van der Waals surface area contributed by atoms with E-state index in [0.717, 1.165) is 31.2 Å². The second-order valence-electron chi connectivity index (χ2n) is 8.89. The summed E-state index contributed by atoms with van der Waals surface area (Å²) in [5.74, 6) is 2.40. The van der Waals surface area contributed by atoms with Gasteiger partial charge in [-0.2, -0.15) is 13.6 Å². The lowest BCUT2D eigenvalue weighted by molar-refractivity contribution is -0.114. The Labute approximate surface area is 168 Å². The molecule has 6 nitrogen and oxygen atoms in total.